The van der Waals surface area contributed by atoms with Crippen molar-refractivity contribution < 1.29 is 14.7 Å². The van der Waals surface area contributed by atoms with E-state index in [4.69, 9.17) is 5.11 Å². The Morgan fingerprint density at radius 3 is 2.54 bits per heavy atom. The maximum atomic E-state index is 12.6. The Balaban J connectivity index is 2.04. The number of urea groups is 1. The van der Waals surface area contributed by atoms with Crippen LogP contribution in [0.3, 0.4) is 0 Å². The highest BCUT2D eigenvalue weighted by Gasteiger charge is 2.28. The maximum absolute atomic E-state index is 12.6. The van der Waals surface area contributed by atoms with Crippen molar-refractivity contribution in [3.05, 3.63) is 42.5 Å². The summed E-state index contributed by atoms with van der Waals surface area (Å²) in [6, 6.07) is 13.0. The number of fused-ring (bicyclic) bond motifs is 2. The predicted molar refractivity (Wildman–Crippen MR) is 94.5 cm³/mol. The molecule has 2 aromatic rings. The van der Waals surface area contributed by atoms with Crippen molar-refractivity contribution in [2.24, 2.45) is 0 Å². The zero-order valence-electron chi connectivity index (χ0n) is 13.3. The molecule has 0 radical (unpaired) electrons. The lowest BCUT2D eigenvalue weighted by molar-refractivity contribution is -0.135. The van der Waals surface area contributed by atoms with Crippen molar-refractivity contribution in [1.29, 1.82) is 0 Å². The van der Waals surface area contributed by atoms with E-state index in [9.17, 15) is 9.59 Å². The fourth-order valence-electron chi connectivity index (χ4n) is 2.47. The quantitative estimate of drug-likeness (QED) is 0.896. The van der Waals surface area contributed by atoms with Gasteiger partial charge in [0.2, 0.25) is 0 Å². The molecule has 3 rings (SSSR count). The number of carboxylic acids is 1. The average Bonchev–Trinajstić information content (AvgIpc) is 2.56. The molecule has 0 unspecified atom stereocenters. The summed E-state index contributed by atoms with van der Waals surface area (Å²) in [4.78, 5) is 28.8. The molecule has 1 heterocycles. The Bertz CT molecular complexity index is 807. The molecule has 0 atom stereocenters. The first kappa shape index (κ1) is 16.2. The van der Waals surface area contributed by atoms with E-state index in [1.165, 1.54) is 4.90 Å². The zero-order valence-corrected chi connectivity index (χ0v) is 14.1. The van der Waals surface area contributed by atoms with Gasteiger partial charge in [-0.1, -0.05) is 23.9 Å². The Kier molecular flexibility index (Phi) is 4.35. The first-order valence-electron chi connectivity index (χ1n) is 7.35. The van der Waals surface area contributed by atoms with E-state index in [0.717, 1.165) is 26.9 Å². The lowest BCUT2D eigenvalue weighted by Gasteiger charge is -2.31. The summed E-state index contributed by atoms with van der Waals surface area (Å²) < 4.78 is 0. The standard InChI is InChI=1S/C17H17N3O3S/c1-19(2)11-7-8-13-15(9-11)24-14-6-4-3-5-12(14)20(13)17(23)18-10-16(21)22/h3-9H,10H2,1-2H3,(H,18,23)(H,21,22). The molecule has 0 fully saturated rings. The molecule has 0 saturated carbocycles. The minimum Gasteiger partial charge on any atom is -0.480 e. The number of carboxylic acid groups (broad SMARTS) is 1. The highest BCUT2D eigenvalue weighted by atomic mass is 32.2. The minimum atomic E-state index is -1.08. The number of para-hydroxylation sites is 1. The van der Waals surface area contributed by atoms with Gasteiger partial charge in [0.05, 0.1) is 11.4 Å². The van der Waals surface area contributed by atoms with E-state index in [2.05, 4.69) is 5.32 Å². The molecule has 2 aromatic carbocycles. The third-order valence-electron chi connectivity index (χ3n) is 3.62. The van der Waals surface area contributed by atoms with E-state index in [1.807, 2.05) is 61.5 Å². The first-order valence-corrected chi connectivity index (χ1v) is 8.17. The van der Waals surface area contributed by atoms with Gasteiger partial charge in [0.1, 0.15) is 6.54 Å². The van der Waals surface area contributed by atoms with Gasteiger partial charge in [-0.05, 0) is 30.3 Å². The molecule has 0 saturated heterocycles. The van der Waals surface area contributed by atoms with E-state index in [0.29, 0.717) is 0 Å². The Morgan fingerprint density at radius 2 is 1.83 bits per heavy atom. The van der Waals surface area contributed by atoms with Crippen LogP contribution in [0.1, 0.15) is 0 Å². The van der Waals surface area contributed by atoms with Crippen molar-refractivity contribution in [3.8, 4) is 0 Å². The van der Waals surface area contributed by atoms with E-state index >= 15 is 0 Å². The number of anilines is 3. The van der Waals surface area contributed by atoms with Crippen LogP contribution in [0.15, 0.2) is 52.3 Å². The van der Waals surface area contributed by atoms with Gasteiger partial charge in [0.15, 0.2) is 0 Å². The SMILES string of the molecule is CN(C)c1ccc2c(c1)Sc1ccccc1N2C(=O)NCC(=O)O. The number of hydrogen-bond donors (Lipinski definition) is 2. The lowest BCUT2D eigenvalue weighted by Crippen LogP contribution is -2.40. The molecule has 2 N–H and O–H groups in total. The third kappa shape index (κ3) is 3.03. The highest BCUT2D eigenvalue weighted by molar-refractivity contribution is 7.99. The molecule has 1 aliphatic heterocycles. The maximum Gasteiger partial charge on any atom is 0.327 e. The number of hydrogen-bond acceptors (Lipinski definition) is 4. The molecule has 0 aromatic heterocycles. The van der Waals surface area contributed by atoms with Gasteiger partial charge in [-0.2, -0.15) is 0 Å². The largest absolute Gasteiger partial charge is 0.480 e. The van der Waals surface area contributed by atoms with Crippen molar-refractivity contribution in [2.45, 2.75) is 9.79 Å². The number of benzene rings is 2. The number of nitrogens with one attached hydrogen (secondary N) is 1. The molecule has 2 amide bonds. The van der Waals surface area contributed by atoms with Gasteiger partial charge in [0, 0.05) is 29.6 Å². The Morgan fingerprint density at radius 1 is 1.12 bits per heavy atom. The summed E-state index contributed by atoms with van der Waals surface area (Å²) in [5, 5.41) is 11.2. The molecule has 0 aliphatic carbocycles. The van der Waals surface area contributed by atoms with Crippen LogP contribution in [-0.4, -0.2) is 37.7 Å². The normalized spacial score (nSPS) is 12.2. The smallest absolute Gasteiger partial charge is 0.327 e. The fraction of sp³-hybridized carbons (Fsp3) is 0.176. The molecule has 7 heteroatoms. The van der Waals surface area contributed by atoms with Crippen LogP contribution in [0.2, 0.25) is 0 Å². The average molecular weight is 343 g/mol. The van der Waals surface area contributed by atoms with E-state index in [1.54, 1.807) is 11.8 Å². The van der Waals surface area contributed by atoms with Crippen molar-refractivity contribution in [2.75, 3.05) is 30.4 Å². The van der Waals surface area contributed by atoms with Crippen LogP contribution < -0.4 is 15.1 Å². The van der Waals surface area contributed by atoms with Gasteiger partial charge in [-0.25, -0.2) is 4.79 Å². The minimum absolute atomic E-state index is 0.421. The number of rotatable bonds is 3. The van der Waals surface area contributed by atoms with Crippen LogP contribution in [0.5, 0.6) is 0 Å². The summed E-state index contributed by atoms with van der Waals surface area (Å²) in [6.45, 7) is -0.421. The Labute approximate surface area is 144 Å². The topological polar surface area (TPSA) is 72.9 Å². The molecule has 0 bridgehead atoms. The summed E-state index contributed by atoms with van der Waals surface area (Å²) >= 11 is 1.59. The van der Waals surface area contributed by atoms with Crippen LogP contribution >= 0.6 is 11.8 Å². The molecular weight excluding hydrogens is 326 g/mol. The van der Waals surface area contributed by atoms with Crippen molar-refractivity contribution in [3.63, 3.8) is 0 Å². The van der Waals surface area contributed by atoms with Crippen LogP contribution in [0, 0.1) is 0 Å². The van der Waals surface area contributed by atoms with Crippen LogP contribution in [-0.2, 0) is 4.79 Å². The molecule has 1 aliphatic rings. The van der Waals surface area contributed by atoms with Gasteiger partial charge in [-0.15, -0.1) is 0 Å². The second-order valence-electron chi connectivity index (χ2n) is 5.50. The molecule has 124 valence electrons. The van der Waals surface area contributed by atoms with E-state index < -0.39 is 18.5 Å². The van der Waals surface area contributed by atoms with Crippen LogP contribution in [0.4, 0.5) is 21.9 Å². The summed E-state index contributed by atoms with van der Waals surface area (Å²) in [7, 11) is 3.92. The van der Waals surface area contributed by atoms with Gasteiger partial charge < -0.3 is 15.3 Å². The van der Waals surface area contributed by atoms with Crippen LogP contribution in [0.25, 0.3) is 0 Å². The van der Waals surface area contributed by atoms with Gasteiger partial charge >= 0.3 is 12.0 Å². The monoisotopic (exact) mass is 343 g/mol. The summed E-state index contributed by atoms with van der Waals surface area (Å²) in [5.41, 5.74) is 2.52. The highest BCUT2D eigenvalue weighted by Crippen LogP contribution is 2.48. The number of carbonyl (C=O) groups is 2. The third-order valence-corrected chi connectivity index (χ3v) is 4.73. The number of aliphatic carboxylic acids is 1. The number of nitrogens with zero attached hydrogens (tertiary/aromatic N) is 2. The van der Waals surface area contributed by atoms with E-state index in [-0.39, 0.29) is 0 Å². The summed E-state index contributed by atoms with van der Waals surface area (Å²) in [5.74, 6) is -1.08. The lowest BCUT2D eigenvalue weighted by atomic mass is 10.2. The zero-order chi connectivity index (χ0) is 17.3. The van der Waals surface area contributed by atoms with Crippen molar-refractivity contribution in [1.82, 2.24) is 5.32 Å². The van der Waals surface area contributed by atoms with Gasteiger partial charge in [0.25, 0.3) is 0 Å². The number of amides is 2. The molecule has 0 spiro atoms. The second-order valence-corrected chi connectivity index (χ2v) is 6.59. The first-order chi connectivity index (χ1) is 11.5. The van der Waals surface area contributed by atoms with Gasteiger partial charge in [-0.3, -0.25) is 9.69 Å². The Hall–Kier alpha value is -2.67. The molecule has 6 nitrogen and oxygen atoms in total. The number of carbonyl (C=O) groups excluding carboxylic acids is 1. The predicted octanol–water partition coefficient (Wildman–Crippen LogP) is 3.15. The fourth-order valence-corrected chi connectivity index (χ4v) is 3.56. The van der Waals surface area contributed by atoms with Crippen molar-refractivity contribution >= 4 is 40.8 Å². The molecule has 24 heavy (non-hydrogen) atoms. The molecular formula is C17H17N3O3S. The summed E-state index contributed by atoms with van der Waals surface area (Å²) in [6.07, 6.45) is 0. The second kappa shape index (κ2) is 6.45.